The number of nitrogens with two attached hydrogens (primary N) is 1. The molecule has 20 heavy (non-hydrogen) atoms. The molecule has 3 aromatic rings. The second kappa shape index (κ2) is 4.88. The first-order valence-electron chi connectivity index (χ1n) is 5.78. The summed E-state index contributed by atoms with van der Waals surface area (Å²) in [5.41, 5.74) is 7.78. The molecule has 2 heterocycles. The lowest BCUT2D eigenvalue weighted by atomic mass is 10.0. The standard InChI is InChI=1S/C13H10ClFN4S/c1-6-17-9(5-20-6)12-11(13(16)19-18-12)10-7(14)3-2-4-8(10)15/h2-5H,1H3,(H3,16,18,19). The van der Waals surface area contributed by atoms with E-state index in [-0.39, 0.29) is 16.4 Å². The van der Waals surface area contributed by atoms with Crippen LogP contribution in [0.1, 0.15) is 5.01 Å². The van der Waals surface area contributed by atoms with E-state index in [1.54, 1.807) is 12.1 Å². The van der Waals surface area contributed by atoms with Gasteiger partial charge in [-0.05, 0) is 19.1 Å². The minimum absolute atomic E-state index is 0.192. The zero-order valence-electron chi connectivity index (χ0n) is 10.4. The lowest BCUT2D eigenvalue weighted by molar-refractivity contribution is 0.631. The molecule has 0 spiro atoms. The molecular formula is C13H10ClFN4S. The molecule has 0 bridgehead atoms. The summed E-state index contributed by atoms with van der Waals surface area (Å²) in [4.78, 5) is 4.37. The molecule has 0 fully saturated rings. The van der Waals surface area contributed by atoms with Gasteiger partial charge < -0.3 is 5.73 Å². The highest BCUT2D eigenvalue weighted by atomic mass is 35.5. The number of nitrogens with zero attached hydrogens (tertiary/aromatic N) is 2. The van der Waals surface area contributed by atoms with Crippen molar-refractivity contribution in [2.75, 3.05) is 5.73 Å². The summed E-state index contributed by atoms with van der Waals surface area (Å²) in [5, 5.41) is 9.80. The highest BCUT2D eigenvalue weighted by Gasteiger charge is 2.21. The van der Waals surface area contributed by atoms with Crippen molar-refractivity contribution in [3.8, 4) is 22.5 Å². The Morgan fingerprint density at radius 3 is 2.80 bits per heavy atom. The van der Waals surface area contributed by atoms with Crippen molar-refractivity contribution in [3.63, 3.8) is 0 Å². The van der Waals surface area contributed by atoms with Crippen molar-refractivity contribution < 1.29 is 4.39 Å². The monoisotopic (exact) mass is 308 g/mol. The third-order valence-electron chi connectivity index (χ3n) is 2.88. The number of halogens is 2. The first-order valence-corrected chi connectivity index (χ1v) is 7.04. The summed E-state index contributed by atoms with van der Waals surface area (Å²) in [6, 6.07) is 4.50. The molecule has 0 aliphatic rings. The molecule has 0 saturated carbocycles. The summed E-state index contributed by atoms with van der Waals surface area (Å²) in [7, 11) is 0. The van der Waals surface area contributed by atoms with Gasteiger partial charge in [0.2, 0.25) is 0 Å². The van der Waals surface area contributed by atoms with Gasteiger partial charge in [-0.25, -0.2) is 9.37 Å². The van der Waals surface area contributed by atoms with E-state index >= 15 is 0 Å². The lowest BCUT2D eigenvalue weighted by Crippen LogP contribution is -1.92. The average Bonchev–Trinajstić information content (AvgIpc) is 2.97. The van der Waals surface area contributed by atoms with E-state index in [2.05, 4.69) is 15.2 Å². The number of H-pyrrole nitrogens is 1. The van der Waals surface area contributed by atoms with Crippen LogP contribution in [0.15, 0.2) is 23.6 Å². The Kier molecular flexibility index (Phi) is 3.19. The molecule has 0 radical (unpaired) electrons. The number of thiazole rings is 1. The number of rotatable bonds is 2. The molecular weight excluding hydrogens is 299 g/mol. The van der Waals surface area contributed by atoms with Gasteiger partial charge in [0.25, 0.3) is 0 Å². The van der Waals surface area contributed by atoms with Crippen molar-refractivity contribution in [2.45, 2.75) is 6.92 Å². The van der Waals surface area contributed by atoms with Crippen LogP contribution in [0.3, 0.4) is 0 Å². The second-order valence-electron chi connectivity index (χ2n) is 4.21. The Hall–Kier alpha value is -1.92. The fourth-order valence-corrected chi connectivity index (χ4v) is 2.87. The lowest BCUT2D eigenvalue weighted by Gasteiger charge is -2.06. The van der Waals surface area contributed by atoms with Gasteiger partial charge in [0.1, 0.15) is 5.82 Å². The third kappa shape index (κ3) is 2.07. The number of nitrogen functional groups attached to an aromatic ring is 1. The van der Waals surface area contributed by atoms with Gasteiger partial charge in [0.15, 0.2) is 5.82 Å². The molecule has 7 heteroatoms. The SMILES string of the molecule is Cc1nc(-c2[nH]nc(N)c2-c2c(F)cccc2Cl)cs1. The Labute approximate surface area is 123 Å². The van der Waals surface area contributed by atoms with E-state index in [1.165, 1.54) is 17.4 Å². The maximum absolute atomic E-state index is 14.1. The molecule has 0 amide bonds. The molecule has 3 rings (SSSR count). The Balaban J connectivity index is 2.27. The number of hydrogen-bond acceptors (Lipinski definition) is 4. The van der Waals surface area contributed by atoms with E-state index in [0.717, 1.165) is 5.01 Å². The average molecular weight is 309 g/mol. The molecule has 4 nitrogen and oxygen atoms in total. The Bertz CT molecular complexity index is 760. The number of aromatic amines is 1. The first kappa shape index (κ1) is 13.1. The molecule has 0 atom stereocenters. The summed E-state index contributed by atoms with van der Waals surface area (Å²) < 4.78 is 14.1. The summed E-state index contributed by atoms with van der Waals surface area (Å²) >= 11 is 7.60. The van der Waals surface area contributed by atoms with Crippen LogP contribution in [-0.2, 0) is 0 Å². The topological polar surface area (TPSA) is 67.6 Å². The Morgan fingerprint density at radius 1 is 1.35 bits per heavy atom. The zero-order valence-corrected chi connectivity index (χ0v) is 12.0. The van der Waals surface area contributed by atoms with Gasteiger partial charge in [0.05, 0.1) is 27.0 Å². The highest BCUT2D eigenvalue weighted by molar-refractivity contribution is 7.09. The van der Waals surface area contributed by atoms with Gasteiger partial charge in [-0.3, -0.25) is 5.10 Å². The molecule has 0 aliphatic heterocycles. The highest BCUT2D eigenvalue weighted by Crippen LogP contribution is 2.39. The van der Waals surface area contributed by atoms with Crippen LogP contribution in [0.5, 0.6) is 0 Å². The fraction of sp³-hybridized carbons (Fsp3) is 0.0769. The van der Waals surface area contributed by atoms with E-state index < -0.39 is 5.82 Å². The van der Waals surface area contributed by atoms with Crippen LogP contribution in [0.2, 0.25) is 5.02 Å². The minimum Gasteiger partial charge on any atom is -0.382 e. The number of anilines is 1. The van der Waals surface area contributed by atoms with Crippen LogP contribution >= 0.6 is 22.9 Å². The number of aryl methyl sites for hydroxylation is 1. The fourth-order valence-electron chi connectivity index (χ4n) is 2.01. The molecule has 3 N–H and O–H groups in total. The number of aromatic nitrogens is 3. The van der Waals surface area contributed by atoms with Gasteiger partial charge in [-0.15, -0.1) is 11.3 Å². The van der Waals surface area contributed by atoms with E-state index in [4.69, 9.17) is 17.3 Å². The zero-order chi connectivity index (χ0) is 14.3. The molecule has 0 unspecified atom stereocenters. The third-order valence-corrected chi connectivity index (χ3v) is 3.97. The number of hydrogen-bond donors (Lipinski definition) is 2. The first-order chi connectivity index (χ1) is 9.58. The molecule has 102 valence electrons. The molecule has 1 aromatic carbocycles. The maximum Gasteiger partial charge on any atom is 0.153 e. The molecule has 0 aliphatic carbocycles. The van der Waals surface area contributed by atoms with Gasteiger partial charge in [0, 0.05) is 10.9 Å². The number of nitrogens with one attached hydrogen (secondary N) is 1. The van der Waals surface area contributed by atoms with Crippen molar-refractivity contribution in [1.29, 1.82) is 0 Å². The van der Waals surface area contributed by atoms with E-state index in [0.29, 0.717) is 17.0 Å². The molecule has 2 aromatic heterocycles. The quantitative estimate of drug-likeness (QED) is 0.755. The van der Waals surface area contributed by atoms with E-state index in [9.17, 15) is 4.39 Å². The van der Waals surface area contributed by atoms with Crippen LogP contribution in [0, 0.1) is 12.7 Å². The normalized spacial score (nSPS) is 10.9. The van der Waals surface area contributed by atoms with Gasteiger partial charge in [-0.1, -0.05) is 17.7 Å². The predicted molar refractivity (Wildman–Crippen MR) is 79.2 cm³/mol. The largest absolute Gasteiger partial charge is 0.382 e. The maximum atomic E-state index is 14.1. The van der Waals surface area contributed by atoms with Crippen LogP contribution in [-0.4, -0.2) is 15.2 Å². The van der Waals surface area contributed by atoms with Crippen molar-refractivity contribution in [1.82, 2.24) is 15.2 Å². The van der Waals surface area contributed by atoms with Gasteiger partial charge in [-0.2, -0.15) is 5.10 Å². The van der Waals surface area contributed by atoms with Crippen LogP contribution < -0.4 is 5.73 Å². The van der Waals surface area contributed by atoms with Gasteiger partial charge >= 0.3 is 0 Å². The molecule has 0 saturated heterocycles. The summed E-state index contributed by atoms with van der Waals surface area (Å²) in [6.07, 6.45) is 0. The Morgan fingerprint density at radius 2 is 2.15 bits per heavy atom. The summed E-state index contributed by atoms with van der Waals surface area (Å²) in [6.45, 7) is 1.89. The van der Waals surface area contributed by atoms with Crippen LogP contribution in [0.25, 0.3) is 22.5 Å². The van der Waals surface area contributed by atoms with E-state index in [1.807, 2.05) is 12.3 Å². The smallest absolute Gasteiger partial charge is 0.153 e. The van der Waals surface area contributed by atoms with Crippen molar-refractivity contribution in [2.24, 2.45) is 0 Å². The number of benzene rings is 1. The minimum atomic E-state index is -0.446. The van der Waals surface area contributed by atoms with Crippen LogP contribution in [0.4, 0.5) is 10.2 Å². The second-order valence-corrected chi connectivity index (χ2v) is 5.68. The predicted octanol–water partition coefficient (Wildman–Crippen LogP) is 3.88. The van der Waals surface area contributed by atoms with Crippen molar-refractivity contribution in [3.05, 3.63) is 39.4 Å². The summed E-state index contributed by atoms with van der Waals surface area (Å²) in [5.74, 6) is -0.253. The van der Waals surface area contributed by atoms with Crippen molar-refractivity contribution >= 4 is 28.8 Å².